The van der Waals surface area contributed by atoms with E-state index in [1.807, 2.05) is 60.7 Å². The largest absolute Gasteiger partial charge is 0.455 e. The van der Waals surface area contributed by atoms with Crippen molar-refractivity contribution in [1.82, 2.24) is 4.98 Å². The van der Waals surface area contributed by atoms with Gasteiger partial charge in [0, 0.05) is 29.9 Å². The summed E-state index contributed by atoms with van der Waals surface area (Å²) in [6.07, 6.45) is 4.96. The van der Waals surface area contributed by atoms with Crippen molar-refractivity contribution in [3.8, 4) is 17.0 Å². The molecule has 0 bridgehead atoms. The maximum Gasteiger partial charge on any atom is 0.275 e. The minimum absolute atomic E-state index is 0.124. The van der Waals surface area contributed by atoms with Crippen LogP contribution in [0.15, 0.2) is 66.9 Å². The molecule has 3 aromatic rings. The van der Waals surface area contributed by atoms with Crippen molar-refractivity contribution in [2.24, 2.45) is 5.73 Å². The van der Waals surface area contributed by atoms with Crippen molar-refractivity contribution in [1.29, 1.82) is 0 Å². The first-order valence-electron chi connectivity index (χ1n) is 10.3. The summed E-state index contributed by atoms with van der Waals surface area (Å²) in [6, 6.07) is 19.9. The second-order valence-electron chi connectivity index (χ2n) is 8.50. The Balaban J connectivity index is 1.49. The fourth-order valence-electron chi connectivity index (χ4n) is 4.36. The summed E-state index contributed by atoms with van der Waals surface area (Å²) in [5, 5.41) is 0. The molecule has 1 aromatic heterocycles. The molecule has 1 aliphatic heterocycles. The van der Waals surface area contributed by atoms with E-state index in [9.17, 15) is 4.79 Å². The maximum absolute atomic E-state index is 13.4. The van der Waals surface area contributed by atoms with E-state index in [1.54, 1.807) is 25.1 Å². The van der Waals surface area contributed by atoms with E-state index in [2.05, 4.69) is 4.98 Å². The molecule has 2 heterocycles. The first-order chi connectivity index (χ1) is 14.4. The standard InChI is InChI=1S/C25H25N3O2/c1-24(19-9-11-20(12-10-19)25(26)13-6-14-25)23(29)28(2)21-15-18(16-27-22(21)30-24)17-7-4-3-5-8-17/h3-5,7-12,15-16H,6,13-14,26H2,1-2H3. The molecular formula is C25H25N3O2. The zero-order valence-corrected chi connectivity index (χ0v) is 17.3. The predicted molar refractivity (Wildman–Crippen MR) is 117 cm³/mol. The second-order valence-corrected chi connectivity index (χ2v) is 8.50. The highest BCUT2D eigenvalue weighted by atomic mass is 16.5. The van der Waals surface area contributed by atoms with Crippen LogP contribution in [0.5, 0.6) is 5.88 Å². The number of amides is 1. The summed E-state index contributed by atoms with van der Waals surface area (Å²) in [4.78, 5) is 19.5. The number of hydrogen-bond donors (Lipinski definition) is 1. The van der Waals surface area contributed by atoms with Gasteiger partial charge in [-0.05, 0) is 43.4 Å². The number of carbonyl (C=O) groups is 1. The van der Waals surface area contributed by atoms with Gasteiger partial charge in [-0.1, -0.05) is 54.6 Å². The van der Waals surface area contributed by atoms with E-state index >= 15 is 0 Å². The zero-order valence-electron chi connectivity index (χ0n) is 17.3. The molecule has 1 aliphatic carbocycles. The van der Waals surface area contributed by atoms with Crippen LogP contribution in [-0.2, 0) is 15.9 Å². The number of rotatable bonds is 3. The fourth-order valence-corrected chi connectivity index (χ4v) is 4.36. The Morgan fingerprint density at radius 1 is 1.00 bits per heavy atom. The normalized spacial score (nSPS) is 22.1. The number of nitrogens with two attached hydrogens (primary N) is 1. The number of hydrogen-bond acceptors (Lipinski definition) is 4. The van der Waals surface area contributed by atoms with Gasteiger partial charge in [-0.25, -0.2) is 4.98 Å². The lowest BCUT2D eigenvalue weighted by molar-refractivity contribution is -0.134. The predicted octanol–water partition coefficient (Wildman–Crippen LogP) is 4.36. The quantitative estimate of drug-likeness (QED) is 0.711. The maximum atomic E-state index is 13.4. The van der Waals surface area contributed by atoms with Crippen molar-refractivity contribution >= 4 is 11.6 Å². The van der Waals surface area contributed by atoms with Gasteiger partial charge in [-0.2, -0.15) is 0 Å². The number of likely N-dealkylation sites (N-methyl/N-ethyl adjacent to an activating group) is 1. The SMILES string of the molecule is CN1C(=O)C(C)(c2ccc(C3(N)CCC3)cc2)Oc2ncc(-c3ccccc3)cc21. The van der Waals surface area contributed by atoms with Crippen LogP contribution in [0.4, 0.5) is 5.69 Å². The molecule has 1 saturated carbocycles. The van der Waals surface area contributed by atoms with E-state index in [0.717, 1.165) is 41.5 Å². The lowest BCUT2D eigenvalue weighted by Crippen LogP contribution is -2.51. The van der Waals surface area contributed by atoms with Crippen LogP contribution in [0.2, 0.25) is 0 Å². The topological polar surface area (TPSA) is 68.5 Å². The third-order valence-corrected chi connectivity index (χ3v) is 6.57. The lowest BCUT2D eigenvalue weighted by Gasteiger charge is -2.40. The molecule has 1 fully saturated rings. The molecule has 1 atom stereocenters. The van der Waals surface area contributed by atoms with E-state index < -0.39 is 5.60 Å². The monoisotopic (exact) mass is 399 g/mol. The van der Waals surface area contributed by atoms with Crippen LogP contribution in [-0.4, -0.2) is 17.9 Å². The summed E-state index contributed by atoms with van der Waals surface area (Å²) in [6.45, 7) is 1.80. The molecule has 2 aliphatic rings. The summed E-state index contributed by atoms with van der Waals surface area (Å²) in [7, 11) is 1.77. The van der Waals surface area contributed by atoms with Gasteiger partial charge in [0.05, 0.1) is 0 Å². The van der Waals surface area contributed by atoms with Crippen LogP contribution in [0, 0.1) is 0 Å². The van der Waals surface area contributed by atoms with Crippen LogP contribution in [0.1, 0.15) is 37.3 Å². The number of nitrogens with zero attached hydrogens (tertiary/aromatic N) is 2. The number of benzene rings is 2. The molecule has 0 radical (unpaired) electrons. The minimum atomic E-state index is -1.14. The second kappa shape index (κ2) is 6.67. The van der Waals surface area contributed by atoms with Gasteiger partial charge in [0.2, 0.25) is 11.5 Å². The highest BCUT2D eigenvalue weighted by molar-refractivity contribution is 6.02. The smallest absolute Gasteiger partial charge is 0.275 e. The number of anilines is 1. The van der Waals surface area contributed by atoms with Crippen LogP contribution in [0.25, 0.3) is 11.1 Å². The molecule has 5 nitrogen and oxygen atoms in total. The number of ether oxygens (including phenoxy) is 1. The van der Waals surface area contributed by atoms with Gasteiger partial charge < -0.3 is 15.4 Å². The molecular weight excluding hydrogens is 374 g/mol. The van der Waals surface area contributed by atoms with Gasteiger partial charge in [0.25, 0.3) is 5.91 Å². The van der Waals surface area contributed by atoms with E-state index in [4.69, 9.17) is 10.5 Å². The number of pyridine rings is 1. The third kappa shape index (κ3) is 2.81. The summed E-state index contributed by atoms with van der Waals surface area (Å²) in [5.74, 6) is 0.332. The molecule has 0 saturated heterocycles. The Kier molecular flexibility index (Phi) is 4.19. The van der Waals surface area contributed by atoms with Crippen molar-refractivity contribution in [2.45, 2.75) is 37.3 Å². The average molecular weight is 399 g/mol. The fraction of sp³-hybridized carbons (Fsp3) is 0.280. The Morgan fingerprint density at radius 2 is 1.67 bits per heavy atom. The molecule has 5 rings (SSSR count). The van der Waals surface area contributed by atoms with Gasteiger partial charge in [-0.3, -0.25) is 4.79 Å². The molecule has 2 aromatic carbocycles. The molecule has 5 heteroatoms. The van der Waals surface area contributed by atoms with Gasteiger partial charge >= 0.3 is 0 Å². The Morgan fingerprint density at radius 3 is 2.30 bits per heavy atom. The first-order valence-corrected chi connectivity index (χ1v) is 10.3. The zero-order chi connectivity index (χ0) is 20.9. The van der Waals surface area contributed by atoms with Crippen molar-refractivity contribution < 1.29 is 9.53 Å². The summed E-state index contributed by atoms with van der Waals surface area (Å²) in [5.41, 5.74) is 9.65. The Hall–Kier alpha value is -3.18. The van der Waals surface area contributed by atoms with E-state index in [0.29, 0.717) is 11.6 Å². The van der Waals surface area contributed by atoms with Crippen LogP contribution < -0.4 is 15.4 Å². The van der Waals surface area contributed by atoms with Crippen molar-refractivity contribution in [2.75, 3.05) is 11.9 Å². The Labute approximate surface area is 176 Å². The van der Waals surface area contributed by atoms with Gasteiger partial charge in [0.15, 0.2) is 0 Å². The van der Waals surface area contributed by atoms with Gasteiger partial charge in [-0.15, -0.1) is 0 Å². The third-order valence-electron chi connectivity index (χ3n) is 6.57. The van der Waals surface area contributed by atoms with E-state index in [-0.39, 0.29) is 11.4 Å². The minimum Gasteiger partial charge on any atom is -0.455 e. The number of aromatic nitrogens is 1. The Bertz CT molecular complexity index is 1110. The molecule has 1 unspecified atom stereocenters. The summed E-state index contributed by atoms with van der Waals surface area (Å²) >= 11 is 0. The molecule has 30 heavy (non-hydrogen) atoms. The highest BCUT2D eigenvalue weighted by Gasteiger charge is 2.46. The molecule has 0 spiro atoms. The molecule has 2 N–H and O–H groups in total. The number of fused-ring (bicyclic) bond motifs is 1. The van der Waals surface area contributed by atoms with E-state index in [1.165, 1.54) is 0 Å². The highest BCUT2D eigenvalue weighted by Crippen LogP contribution is 2.43. The lowest BCUT2D eigenvalue weighted by atomic mass is 9.72. The first kappa shape index (κ1) is 18.8. The van der Waals surface area contributed by atoms with Crippen molar-refractivity contribution in [3.05, 3.63) is 78.0 Å². The molecule has 152 valence electrons. The van der Waals surface area contributed by atoms with Crippen LogP contribution >= 0.6 is 0 Å². The van der Waals surface area contributed by atoms with Crippen molar-refractivity contribution in [3.63, 3.8) is 0 Å². The summed E-state index contributed by atoms with van der Waals surface area (Å²) < 4.78 is 6.21. The average Bonchev–Trinajstić information content (AvgIpc) is 2.76. The van der Waals surface area contributed by atoms with Gasteiger partial charge in [0.1, 0.15) is 5.69 Å². The van der Waals surface area contributed by atoms with Crippen LogP contribution in [0.3, 0.4) is 0 Å². The molecule has 1 amide bonds. The number of carbonyl (C=O) groups excluding carboxylic acids is 1.